The molecule has 3 unspecified atom stereocenters. The zero-order valence-electron chi connectivity index (χ0n) is 12.5. The monoisotopic (exact) mass is 270 g/mol. The molecule has 0 heterocycles. The van der Waals surface area contributed by atoms with Gasteiger partial charge >= 0.3 is 0 Å². The minimum absolute atomic E-state index is 0.445. The quantitative estimate of drug-likeness (QED) is 0.659. The summed E-state index contributed by atoms with van der Waals surface area (Å²) in [5.41, 5.74) is 2.54. The van der Waals surface area contributed by atoms with Crippen LogP contribution in [0.4, 0.5) is 0 Å². The van der Waals surface area contributed by atoms with Gasteiger partial charge in [-0.05, 0) is 67.9 Å². The van der Waals surface area contributed by atoms with E-state index in [0.717, 1.165) is 19.3 Å². The predicted octanol–water partition coefficient (Wildman–Crippen LogP) is 5.48. The van der Waals surface area contributed by atoms with Crippen LogP contribution >= 0.6 is 0 Å². The van der Waals surface area contributed by atoms with Crippen LogP contribution in [0.25, 0.3) is 0 Å². The van der Waals surface area contributed by atoms with Crippen LogP contribution in [0.3, 0.4) is 0 Å². The first kappa shape index (κ1) is 13.7. The predicted molar refractivity (Wildman–Crippen MR) is 84.5 cm³/mol. The maximum Gasteiger partial charge on any atom is 0.118 e. The maximum atomic E-state index is 10.8. The molecule has 1 heteroatoms. The van der Waals surface area contributed by atoms with Crippen LogP contribution in [-0.2, 0) is 0 Å². The molecule has 0 aromatic heterocycles. The summed E-state index contributed by atoms with van der Waals surface area (Å²) in [5, 5.41) is 10.8. The molecule has 108 valence electrons. The van der Waals surface area contributed by atoms with Gasteiger partial charge in [-0.2, -0.15) is 0 Å². The molecule has 20 heavy (non-hydrogen) atoms. The second-order valence-corrected chi connectivity index (χ2v) is 6.60. The number of allylic oxidation sites excluding steroid dienone is 7. The van der Waals surface area contributed by atoms with Gasteiger partial charge in [-0.15, -0.1) is 0 Å². The minimum atomic E-state index is 0.445. The van der Waals surface area contributed by atoms with E-state index in [2.05, 4.69) is 37.3 Å². The molecule has 0 bridgehead atoms. The van der Waals surface area contributed by atoms with Crippen LogP contribution in [0, 0.1) is 17.8 Å². The minimum Gasteiger partial charge on any atom is -0.508 e. The summed E-state index contributed by atoms with van der Waals surface area (Å²) in [6.45, 7) is 2.28. The van der Waals surface area contributed by atoms with Crippen molar-refractivity contribution in [1.29, 1.82) is 0 Å². The van der Waals surface area contributed by atoms with Crippen LogP contribution < -0.4 is 0 Å². The van der Waals surface area contributed by atoms with Gasteiger partial charge in [0.1, 0.15) is 5.76 Å². The Hall–Kier alpha value is -1.24. The Morgan fingerprint density at radius 2 is 1.95 bits per heavy atom. The van der Waals surface area contributed by atoms with Crippen LogP contribution in [0.5, 0.6) is 0 Å². The van der Waals surface area contributed by atoms with Crippen LogP contribution in [0.1, 0.15) is 51.9 Å². The molecule has 0 aromatic rings. The fraction of sp³-hybridized carbons (Fsp3) is 0.579. The van der Waals surface area contributed by atoms with E-state index in [1.165, 1.54) is 36.8 Å². The lowest BCUT2D eigenvalue weighted by atomic mass is 9.77. The van der Waals surface area contributed by atoms with E-state index in [-0.39, 0.29) is 0 Å². The number of hydrogen-bond acceptors (Lipinski definition) is 1. The molecule has 3 atom stereocenters. The highest BCUT2D eigenvalue weighted by molar-refractivity contribution is 5.39. The summed E-state index contributed by atoms with van der Waals surface area (Å²) in [6, 6.07) is 0. The fourth-order valence-electron chi connectivity index (χ4n) is 3.84. The normalized spacial score (nSPS) is 34.2. The van der Waals surface area contributed by atoms with Gasteiger partial charge in [0.05, 0.1) is 0 Å². The SMILES string of the molecule is CC1C=CC(C2=CCCC(C3CC=CCC3)=C2O)CC1. The van der Waals surface area contributed by atoms with E-state index >= 15 is 0 Å². The lowest BCUT2D eigenvalue weighted by Gasteiger charge is -2.30. The zero-order valence-corrected chi connectivity index (χ0v) is 12.5. The average Bonchev–Trinajstić information content (AvgIpc) is 2.49. The summed E-state index contributed by atoms with van der Waals surface area (Å²) in [5.74, 6) is 2.36. The topological polar surface area (TPSA) is 20.2 Å². The molecule has 0 spiro atoms. The molecule has 0 radical (unpaired) electrons. The third kappa shape index (κ3) is 2.77. The van der Waals surface area contributed by atoms with Crippen molar-refractivity contribution in [2.24, 2.45) is 17.8 Å². The summed E-state index contributed by atoms with van der Waals surface area (Å²) in [4.78, 5) is 0. The second-order valence-electron chi connectivity index (χ2n) is 6.60. The Labute approximate surface area is 122 Å². The van der Waals surface area contributed by atoms with Crippen LogP contribution in [-0.4, -0.2) is 5.11 Å². The van der Waals surface area contributed by atoms with E-state index in [9.17, 15) is 5.11 Å². The van der Waals surface area contributed by atoms with Gasteiger partial charge in [-0.1, -0.05) is 37.3 Å². The van der Waals surface area contributed by atoms with E-state index in [1.807, 2.05) is 0 Å². The van der Waals surface area contributed by atoms with Crippen molar-refractivity contribution in [1.82, 2.24) is 0 Å². The first-order chi connectivity index (χ1) is 9.75. The van der Waals surface area contributed by atoms with Gasteiger partial charge in [0.2, 0.25) is 0 Å². The van der Waals surface area contributed by atoms with Crippen molar-refractivity contribution < 1.29 is 5.11 Å². The highest BCUT2D eigenvalue weighted by atomic mass is 16.3. The number of rotatable bonds is 2. The average molecular weight is 270 g/mol. The van der Waals surface area contributed by atoms with Crippen molar-refractivity contribution in [2.75, 3.05) is 0 Å². The van der Waals surface area contributed by atoms with E-state index < -0.39 is 0 Å². The van der Waals surface area contributed by atoms with Gasteiger partial charge in [-0.25, -0.2) is 0 Å². The lowest BCUT2D eigenvalue weighted by molar-refractivity contribution is 0.368. The Morgan fingerprint density at radius 3 is 2.65 bits per heavy atom. The van der Waals surface area contributed by atoms with Gasteiger partial charge in [-0.3, -0.25) is 0 Å². The molecular formula is C19H26O. The number of aliphatic hydroxyl groups excluding tert-OH is 1. The Kier molecular flexibility index (Phi) is 4.14. The standard InChI is InChI=1S/C19H26O/c1-14-10-12-16(13-11-14)18-9-5-8-17(19(18)20)15-6-3-2-4-7-15/h2-3,9-10,12,14-16,20H,4-8,11,13H2,1H3. The third-order valence-corrected chi connectivity index (χ3v) is 5.12. The van der Waals surface area contributed by atoms with Gasteiger partial charge in [0.15, 0.2) is 0 Å². The molecule has 0 amide bonds. The third-order valence-electron chi connectivity index (χ3n) is 5.12. The van der Waals surface area contributed by atoms with Crippen molar-refractivity contribution in [3.63, 3.8) is 0 Å². The molecule has 0 aromatic carbocycles. The maximum absolute atomic E-state index is 10.8. The molecule has 3 aliphatic rings. The molecule has 3 rings (SSSR count). The molecule has 0 aliphatic heterocycles. The summed E-state index contributed by atoms with van der Waals surface area (Å²) >= 11 is 0. The highest BCUT2D eigenvalue weighted by Gasteiger charge is 2.27. The van der Waals surface area contributed by atoms with Gasteiger partial charge < -0.3 is 5.11 Å². The van der Waals surface area contributed by atoms with E-state index in [4.69, 9.17) is 0 Å². The van der Waals surface area contributed by atoms with E-state index in [1.54, 1.807) is 0 Å². The summed E-state index contributed by atoms with van der Waals surface area (Å²) in [7, 11) is 0. The summed E-state index contributed by atoms with van der Waals surface area (Å²) < 4.78 is 0. The molecule has 3 aliphatic carbocycles. The van der Waals surface area contributed by atoms with Gasteiger partial charge in [0.25, 0.3) is 0 Å². The molecule has 0 fully saturated rings. The van der Waals surface area contributed by atoms with Crippen molar-refractivity contribution in [2.45, 2.75) is 51.9 Å². The highest BCUT2D eigenvalue weighted by Crippen LogP contribution is 2.39. The molecule has 0 saturated heterocycles. The van der Waals surface area contributed by atoms with Crippen molar-refractivity contribution >= 4 is 0 Å². The Balaban J connectivity index is 1.81. The number of hydrogen-bond donors (Lipinski definition) is 1. The van der Waals surface area contributed by atoms with E-state index in [0.29, 0.717) is 23.5 Å². The van der Waals surface area contributed by atoms with Gasteiger partial charge in [0, 0.05) is 5.92 Å². The number of aliphatic hydroxyl groups is 1. The molecule has 1 nitrogen and oxygen atoms in total. The Bertz CT molecular complexity index is 478. The largest absolute Gasteiger partial charge is 0.508 e. The first-order valence-electron chi connectivity index (χ1n) is 8.21. The summed E-state index contributed by atoms with van der Waals surface area (Å²) in [6.07, 6.45) is 19.6. The van der Waals surface area contributed by atoms with Crippen molar-refractivity contribution in [3.8, 4) is 0 Å². The van der Waals surface area contributed by atoms with Crippen molar-refractivity contribution in [3.05, 3.63) is 47.3 Å². The molecular weight excluding hydrogens is 244 g/mol. The first-order valence-corrected chi connectivity index (χ1v) is 8.21. The lowest BCUT2D eigenvalue weighted by Crippen LogP contribution is -2.17. The fourth-order valence-corrected chi connectivity index (χ4v) is 3.84. The van der Waals surface area contributed by atoms with Crippen LogP contribution in [0.15, 0.2) is 47.3 Å². The smallest absolute Gasteiger partial charge is 0.118 e. The second kappa shape index (κ2) is 6.03. The van der Waals surface area contributed by atoms with Crippen LogP contribution in [0.2, 0.25) is 0 Å². The Morgan fingerprint density at radius 1 is 1.05 bits per heavy atom. The molecule has 1 N–H and O–H groups in total. The zero-order chi connectivity index (χ0) is 13.9. The molecule has 0 saturated carbocycles.